The third-order valence-corrected chi connectivity index (χ3v) is 4.54. The lowest BCUT2D eigenvalue weighted by atomic mass is 10.1. The number of nitrogens with one attached hydrogen (secondary N) is 1. The predicted octanol–water partition coefficient (Wildman–Crippen LogP) is 1.96. The van der Waals surface area contributed by atoms with Crippen LogP contribution in [-0.2, 0) is 16.6 Å². The van der Waals surface area contributed by atoms with E-state index < -0.39 is 10.0 Å². The van der Waals surface area contributed by atoms with Crippen LogP contribution in [0.1, 0.15) is 16.8 Å². The van der Waals surface area contributed by atoms with E-state index in [-0.39, 0.29) is 4.90 Å². The van der Waals surface area contributed by atoms with E-state index in [9.17, 15) is 8.42 Å². The number of hydrogen-bond donors (Lipinski definition) is 2. The molecule has 0 fully saturated rings. The van der Waals surface area contributed by atoms with Gasteiger partial charge in [-0.3, -0.25) is 9.71 Å². The Morgan fingerprint density at radius 2 is 2.00 bits per heavy atom. The van der Waals surface area contributed by atoms with Crippen LogP contribution in [0.2, 0.25) is 0 Å². The minimum Gasteiger partial charge on any atom is -0.326 e. The fourth-order valence-electron chi connectivity index (χ4n) is 1.93. The molecule has 0 unspecified atom stereocenters. The van der Waals surface area contributed by atoms with E-state index in [0.29, 0.717) is 23.5 Å². The van der Waals surface area contributed by atoms with E-state index >= 15 is 0 Å². The lowest BCUT2D eigenvalue weighted by molar-refractivity contribution is 0.600. The number of aromatic nitrogens is 1. The summed E-state index contributed by atoms with van der Waals surface area (Å²) in [6.45, 7) is 3.89. The molecular weight excluding hydrogens is 274 g/mol. The average molecular weight is 291 g/mol. The van der Waals surface area contributed by atoms with Crippen LogP contribution in [0.5, 0.6) is 0 Å². The van der Waals surface area contributed by atoms with Crippen LogP contribution in [0.15, 0.2) is 41.4 Å². The Morgan fingerprint density at radius 1 is 1.25 bits per heavy atom. The van der Waals surface area contributed by atoms with E-state index in [4.69, 9.17) is 5.73 Å². The highest BCUT2D eigenvalue weighted by Crippen LogP contribution is 2.21. The lowest BCUT2D eigenvalue weighted by Crippen LogP contribution is -2.15. The Morgan fingerprint density at radius 3 is 2.60 bits per heavy atom. The van der Waals surface area contributed by atoms with Crippen LogP contribution in [0.4, 0.5) is 5.69 Å². The van der Waals surface area contributed by atoms with E-state index in [1.165, 1.54) is 0 Å². The summed E-state index contributed by atoms with van der Waals surface area (Å²) in [7, 11) is -3.62. The lowest BCUT2D eigenvalue weighted by Gasteiger charge is -2.12. The van der Waals surface area contributed by atoms with Gasteiger partial charge in [0, 0.05) is 12.7 Å². The Balaban J connectivity index is 2.39. The molecule has 0 radical (unpaired) electrons. The third-order valence-electron chi connectivity index (χ3n) is 3.02. The first-order chi connectivity index (χ1) is 9.44. The summed E-state index contributed by atoms with van der Waals surface area (Å²) >= 11 is 0. The summed E-state index contributed by atoms with van der Waals surface area (Å²) in [6, 6.07) is 8.45. The smallest absolute Gasteiger partial charge is 0.262 e. The number of anilines is 1. The van der Waals surface area contributed by atoms with Gasteiger partial charge in [0.1, 0.15) is 0 Å². The van der Waals surface area contributed by atoms with Crippen LogP contribution in [0, 0.1) is 13.8 Å². The number of pyridine rings is 1. The first-order valence-corrected chi connectivity index (χ1v) is 7.66. The van der Waals surface area contributed by atoms with Gasteiger partial charge in [-0.2, -0.15) is 0 Å². The molecule has 1 aromatic heterocycles. The van der Waals surface area contributed by atoms with Crippen molar-refractivity contribution in [2.24, 2.45) is 5.73 Å². The molecule has 6 heteroatoms. The molecule has 0 aliphatic carbocycles. The molecule has 0 aliphatic rings. The van der Waals surface area contributed by atoms with Gasteiger partial charge in [0.15, 0.2) is 0 Å². The molecule has 1 aromatic carbocycles. The zero-order chi connectivity index (χ0) is 14.8. The van der Waals surface area contributed by atoms with Gasteiger partial charge in [-0.15, -0.1) is 0 Å². The van der Waals surface area contributed by atoms with Gasteiger partial charge < -0.3 is 5.73 Å². The fourth-order valence-corrected chi connectivity index (χ4v) is 3.28. The van der Waals surface area contributed by atoms with Gasteiger partial charge in [0.25, 0.3) is 10.0 Å². The minimum absolute atomic E-state index is 0.248. The molecule has 5 nitrogen and oxygen atoms in total. The normalized spacial score (nSPS) is 11.3. The van der Waals surface area contributed by atoms with Gasteiger partial charge in [-0.25, -0.2) is 8.42 Å². The molecule has 0 amide bonds. The van der Waals surface area contributed by atoms with Crippen molar-refractivity contribution in [3.63, 3.8) is 0 Å². The number of nitrogens with zero attached hydrogens (tertiary/aromatic N) is 1. The van der Waals surface area contributed by atoms with E-state index in [1.807, 2.05) is 0 Å². The monoisotopic (exact) mass is 291 g/mol. The van der Waals surface area contributed by atoms with Gasteiger partial charge in [0.2, 0.25) is 0 Å². The summed E-state index contributed by atoms with van der Waals surface area (Å²) in [5.74, 6) is 0. The fraction of sp³-hybridized carbons (Fsp3) is 0.214. The summed E-state index contributed by atoms with van der Waals surface area (Å²) in [5.41, 5.74) is 8.23. The van der Waals surface area contributed by atoms with Crippen molar-refractivity contribution in [1.82, 2.24) is 4.98 Å². The Labute approximate surface area is 118 Å². The van der Waals surface area contributed by atoms with Crippen LogP contribution >= 0.6 is 0 Å². The second kappa shape index (κ2) is 5.60. The maximum Gasteiger partial charge on any atom is 0.262 e. The van der Waals surface area contributed by atoms with Gasteiger partial charge in [-0.1, -0.05) is 12.1 Å². The summed E-state index contributed by atoms with van der Waals surface area (Å²) < 4.78 is 27.4. The molecule has 2 aromatic rings. The highest BCUT2D eigenvalue weighted by atomic mass is 32.2. The average Bonchev–Trinajstić information content (AvgIpc) is 2.40. The van der Waals surface area contributed by atoms with E-state index in [2.05, 4.69) is 9.71 Å². The van der Waals surface area contributed by atoms with Crippen molar-refractivity contribution in [3.8, 4) is 0 Å². The molecular formula is C14H17N3O2S. The zero-order valence-electron chi connectivity index (χ0n) is 11.4. The summed E-state index contributed by atoms with van der Waals surface area (Å²) in [5, 5.41) is 0. The standard InChI is InChI=1S/C14H17N3O2S/c1-10-8-12(9-15)5-6-14(10)20(18,19)17-13-4-3-7-16-11(13)2/h3-8,17H,9,15H2,1-2H3. The number of hydrogen-bond acceptors (Lipinski definition) is 4. The zero-order valence-corrected chi connectivity index (χ0v) is 12.2. The Kier molecular flexibility index (Phi) is 4.06. The quantitative estimate of drug-likeness (QED) is 0.901. The highest BCUT2D eigenvalue weighted by Gasteiger charge is 2.18. The molecule has 0 spiro atoms. The first-order valence-electron chi connectivity index (χ1n) is 6.18. The van der Waals surface area contributed by atoms with Crippen LogP contribution in [0.3, 0.4) is 0 Å². The molecule has 1 heterocycles. The van der Waals surface area contributed by atoms with Crippen LogP contribution in [0.25, 0.3) is 0 Å². The first kappa shape index (κ1) is 14.5. The van der Waals surface area contributed by atoms with Crippen molar-refractivity contribution in [3.05, 3.63) is 53.3 Å². The maximum absolute atomic E-state index is 12.4. The predicted molar refractivity (Wildman–Crippen MR) is 78.9 cm³/mol. The van der Waals surface area contributed by atoms with Crippen molar-refractivity contribution in [2.75, 3.05) is 4.72 Å². The molecule has 0 saturated carbocycles. The third kappa shape index (κ3) is 2.97. The summed E-state index contributed by atoms with van der Waals surface area (Å²) in [6.07, 6.45) is 1.62. The molecule has 0 saturated heterocycles. The molecule has 0 atom stereocenters. The second-order valence-corrected chi connectivity index (χ2v) is 6.20. The molecule has 20 heavy (non-hydrogen) atoms. The van der Waals surface area contributed by atoms with Gasteiger partial charge >= 0.3 is 0 Å². The van der Waals surface area contributed by atoms with E-state index in [1.54, 1.807) is 50.4 Å². The van der Waals surface area contributed by atoms with Crippen LogP contribution in [-0.4, -0.2) is 13.4 Å². The number of rotatable bonds is 4. The molecule has 106 valence electrons. The highest BCUT2D eigenvalue weighted by molar-refractivity contribution is 7.92. The van der Waals surface area contributed by atoms with Crippen LogP contribution < -0.4 is 10.5 Å². The molecule has 0 bridgehead atoms. The van der Waals surface area contributed by atoms with E-state index in [0.717, 1.165) is 5.56 Å². The molecule has 2 rings (SSSR count). The number of benzene rings is 1. The van der Waals surface area contributed by atoms with Crippen molar-refractivity contribution < 1.29 is 8.42 Å². The Bertz CT molecular complexity index is 727. The largest absolute Gasteiger partial charge is 0.326 e. The molecule has 0 aliphatic heterocycles. The number of aryl methyl sites for hydroxylation is 2. The topological polar surface area (TPSA) is 85.1 Å². The summed E-state index contributed by atoms with van der Waals surface area (Å²) in [4.78, 5) is 4.31. The van der Waals surface area contributed by atoms with Crippen molar-refractivity contribution in [1.29, 1.82) is 0 Å². The van der Waals surface area contributed by atoms with Gasteiger partial charge in [-0.05, 0) is 43.2 Å². The van der Waals surface area contributed by atoms with Crippen molar-refractivity contribution in [2.45, 2.75) is 25.3 Å². The maximum atomic E-state index is 12.4. The number of sulfonamides is 1. The minimum atomic E-state index is -3.62. The molecule has 3 N–H and O–H groups in total. The number of nitrogens with two attached hydrogens (primary N) is 1. The van der Waals surface area contributed by atoms with Crippen molar-refractivity contribution >= 4 is 15.7 Å². The second-order valence-electron chi connectivity index (χ2n) is 4.55. The van der Waals surface area contributed by atoms with Gasteiger partial charge in [0.05, 0.1) is 16.3 Å². The SMILES string of the molecule is Cc1cc(CN)ccc1S(=O)(=O)Nc1cccnc1C. The Hall–Kier alpha value is -1.92.